The standard InChI is InChI=1S/C20H34O3/c1-12-14(22)9-15(23)19(4)6-5-13-16-17(2,10-20(12,13)19)7-8-18(16,3)11-21/h12-16,21-23H,5-11H2,1-4H3. The quantitative estimate of drug-likeness (QED) is 0.695. The van der Waals surface area contributed by atoms with Crippen LogP contribution in [-0.4, -0.2) is 34.1 Å². The van der Waals surface area contributed by atoms with Crippen molar-refractivity contribution in [2.45, 2.75) is 78.4 Å². The van der Waals surface area contributed by atoms with Crippen LogP contribution < -0.4 is 0 Å². The first kappa shape index (κ1) is 16.4. The molecule has 132 valence electrons. The van der Waals surface area contributed by atoms with E-state index >= 15 is 0 Å². The van der Waals surface area contributed by atoms with Crippen LogP contribution in [0.25, 0.3) is 0 Å². The normalized spacial score (nSPS) is 64.6. The van der Waals surface area contributed by atoms with Crippen molar-refractivity contribution in [1.82, 2.24) is 0 Å². The highest BCUT2D eigenvalue weighted by atomic mass is 16.3. The highest BCUT2D eigenvalue weighted by molar-refractivity contribution is 5.24. The largest absolute Gasteiger partial charge is 0.396 e. The van der Waals surface area contributed by atoms with Gasteiger partial charge in [-0.15, -0.1) is 0 Å². The maximum absolute atomic E-state index is 10.9. The lowest BCUT2D eigenvalue weighted by Crippen LogP contribution is -2.58. The van der Waals surface area contributed by atoms with Gasteiger partial charge < -0.3 is 15.3 Å². The molecule has 0 aromatic rings. The number of aliphatic hydroxyl groups is 3. The van der Waals surface area contributed by atoms with Gasteiger partial charge in [-0.25, -0.2) is 0 Å². The molecule has 4 saturated carbocycles. The summed E-state index contributed by atoms with van der Waals surface area (Å²) in [5.74, 6) is 1.31. The van der Waals surface area contributed by atoms with Crippen molar-refractivity contribution < 1.29 is 15.3 Å². The van der Waals surface area contributed by atoms with Gasteiger partial charge in [-0.2, -0.15) is 0 Å². The third-order valence-corrected chi connectivity index (χ3v) is 9.52. The van der Waals surface area contributed by atoms with Gasteiger partial charge in [0.1, 0.15) is 0 Å². The van der Waals surface area contributed by atoms with E-state index in [4.69, 9.17) is 0 Å². The molecule has 23 heavy (non-hydrogen) atoms. The number of fused-ring (bicyclic) bond motifs is 2. The highest BCUT2D eigenvalue weighted by Crippen LogP contribution is 2.80. The Morgan fingerprint density at radius 3 is 2.39 bits per heavy atom. The van der Waals surface area contributed by atoms with Crippen LogP contribution in [0.3, 0.4) is 0 Å². The molecule has 3 heteroatoms. The van der Waals surface area contributed by atoms with Crippen molar-refractivity contribution in [2.75, 3.05) is 6.61 Å². The van der Waals surface area contributed by atoms with Crippen molar-refractivity contribution in [3.63, 3.8) is 0 Å². The fourth-order valence-corrected chi connectivity index (χ4v) is 8.44. The Balaban J connectivity index is 1.86. The van der Waals surface area contributed by atoms with E-state index in [0.29, 0.717) is 18.3 Å². The second-order valence-corrected chi connectivity index (χ2v) is 10.3. The first-order valence-corrected chi connectivity index (χ1v) is 9.62. The Labute approximate surface area is 140 Å². The number of hydrogen-bond acceptors (Lipinski definition) is 3. The summed E-state index contributed by atoms with van der Waals surface area (Å²) in [5, 5.41) is 31.7. The fraction of sp³-hybridized carbons (Fsp3) is 1.00. The van der Waals surface area contributed by atoms with E-state index in [9.17, 15) is 15.3 Å². The van der Waals surface area contributed by atoms with Gasteiger partial charge in [-0.05, 0) is 71.5 Å². The molecule has 0 radical (unpaired) electrons. The molecule has 0 heterocycles. The Bertz CT molecular complexity index is 521. The maximum Gasteiger partial charge on any atom is 0.0624 e. The molecule has 4 rings (SSSR count). The summed E-state index contributed by atoms with van der Waals surface area (Å²) in [4.78, 5) is 0. The number of aliphatic hydroxyl groups excluding tert-OH is 3. The zero-order valence-corrected chi connectivity index (χ0v) is 15.2. The lowest BCUT2D eigenvalue weighted by Gasteiger charge is -2.57. The molecule has 0 bridgehead atoms. The number of hydrogen-bond donors (Lipinski definition) is 3. The molecule has 4 aliphatic carbocycles. The first-order valence-electron chi connectivity index (χ1n) is 9.62. The number of rotatable bonds is 1. The van der Waals surface area contributed by atoms with Gasteiger partial charge in [-0.1, -0.05) is 27.7 Å². The topological polar surface area (TPSA) is 60.7 Å². The molecular weight excluding hydrogens is 288 g/mol. The van der Waals surface area contributed by atoms with Gasteiger partial charge >= 0.3 is 0 Å². The fourth-order valence-electron chi connectivity index (χ4n) is 8.44. The third-order valence-electron chi connectivity index (χ3n) is 9.52. The molecule has 0 aliphatic heterocycles. The Morgan fingerprint density at radius 1 is 1.04 bits per heavy atom. The van der Waals surface area contributed by atoms with Gasteiger partial charge in [0.05, 0.1) is 12.2 Å². The minimum absolute atomic E-state index is 0.0151. The van der Waals surface area contributed by atoms with E-state index in [2.05, 4.69) is 27.7 Å². The highest BCUT2D eigenvalue weighted by Gasteiger charge is 2.76. The summed E-state index contributed by atoms with van der Waals surface area (Å²) in [7, 11) is 0. The van der Waals surface area contributed by atoms with Gasteiger partial charge in [0.25, 0.3) is 0 Å². The van der Waals surface area contributed by atoms with E-state index < -0.39 is 0 Å². The molecule has 0 amide bonds. The summed E-state index contributed by atoms with van der Waals surface area (Å²) in [6.07, 6.45) is 5.41. The smallest absolute Gasteiger partial charge is 0.0624 e. The Kier molecular flexibility index (Phi) is 3.22. The predicted octanol–water partition coefficient (Wildman–Crippen LogP) is 2.97. The predicted molar refractivity (Wildman–Crippen MR) is 89.7 cm³/mol. The Morgan fingerprint density at radius 2 is 1.74 bits per heavy atom. The second-order valence-electron chi connectivity index (χ2n) is 10.3. The van der Waals surface area contributed by atoms with Gasteiger partial charge in [0.15, 0.2) is 0 Å². The molecular formula is C20H34O3. The average molecular weight is 322 g/mol. The molecule has 4 fully saturated rings. The average Bonchev–Trinajstić information content (AvgIpc) is 3.03. The van der Waals surface area contributed by atoms with E-state index in [1.165, 1.54) is 6.42 Å². The van der Waals surface area contributed by atoms with E-state index in [1.807, 2.05) is 0 Å². The molecule has 9 unspecified atom stereocenters. The molecule has 0 aromatic heterocycles. The molecule has 3 N–H and O–H groups in total. The SMILES string of the molecule is CC1C(O)CC(O)C2(C)CCC3C4C(C)(CO)CCC4(C)CC132. The lowest BCUT2D eigenvalue weighted by atomic mass is 9.49. The van der Waals surface area contributed by atoms with Crippen LogP contribution >= 0.6 is 0 Å². The molecule has 0 saturated heterocycles. The molecule has 4 aliphatic rings. The maximum atomic E-state index is 10.9. The molecule has 9 atom stereocenters. The molecule has 0 aromatic carbocycles. The van der Waals surface area contributed by atoms with Gasteiger partial charge in [0.2, 0.25) is 0 Å². The summed E-state index contributed by atoms with van der Waals surface area (Å²) >= 11 is 0. The summed E-state index contributed by atoms with van der Waals surface area (Å²) in [6.45, 7) is 9.49. The first-order chi connectivity index (χ1) is 10.6. The van der Waals surface area contributed by atoms with Gasteiger partial charge in [-0.3, -0.25) is 0 Å². The lowest BCUT2D eigenvalue weighted by molar-refractivity contribution is -0.173. The van der Waals surface area contributed by atoms with Crippen LogP contribution in [0.15, 0.2) is 0 Å². The molecule has 3 nitrogen and oxygen atoms in total. The minimum Gasteiger partial charge on any atom is -0.396 e. The monoisotopic (exact) mass is 322 g/mol. The van der Waals surface area contributed by atoms with Crippen molar-refractivity contribution in [1.29, 1.82) is 0 Å². The molecule has 1 spiro atoms. The Hall–Kier alpha value is -0.120. The van der Waals surface area contributed by atoms with Crippen molar-refractivity contribution in [3.8, 4) is 0 Å². The van der Waals surface area contributed by atoms with Crippen LogP contribution in [0.4, 0.5) is 0 Å². The zero-order chi connectivity index (χ0) is 16.8. The zero-order valence-electron chi connectivity index (χ0n) is 15.2. The summed E-state index contributed by atoms with van der Waals surface area (Å²) in [6, 6.07) is 0. The third kappa shape index (κ3) is 1.63. The van der Waals surface area contributed by atoms with Crippen molar-refractivity contribution in [3.05, 3.63) is 0 Å². The van der Waals surface area contributed by atoms with Crippen LogP contribution in [-0.2, 0) is 0 Å². The van der Waals surface area contributed by atoms with E-state index in [1.54, 1.807) is 0 Å². The second kappa shape index (κ2) is 4.53. The summed E-state index contributed by atoms with van der Waals surface area (Å²) < 4.78 is 0. The van der Waals surface area contributed by atoms with E-state index in [0.717, 1.165) is 25.7 Å². The van der Waals surface area contributed by atoms with Gasteiger partial charge in [0, 0.05) is 13.0 Å². The van der Waals surface area contributed by atoms with Crippen LogP contribution in [0.5, 0.6) is 0 Å². The van der Waals surface area contributed by atoms with Crippen molar-refractivity contribution in [2.24, 2.45) is 39.4 Å². The van der Waals surface area contributed by atoms with Crippen molar-refractivity contribution >= 4 is 0 Å². The minimum atomic E-state index is -0.388. The summed E-state index contributed by atoms with van der Waals surface area (Å²) in [5.41, 5.74) is 0.247. The van der Waals surface area contributed by atoms with Crippen LogP contribution in [0.1, 0.15) is 66.2 Å². The van der Waals surface area contributed by atoms with Crippen LogP contribution in [0.2, 0.25) is 0 Å². The van der Waals surface area contributed by atoms with E-state index in [-0.39, 0.29) is 46.4 Å². The van der Waals surface area contributed by atoms with Crippen LogP contribution in [0, 0.1) is 39.4 Å².